The van der Waals surface area contributed by atoms with Gasteiger partial charge >= 0.3 is 0 Å². The fraction of sp³-hybridized carbons (Fsp3) is 0.150. The van der Waals surface area contributed by atoms with Crippen molar-refractivity contribution in [1.29, 1.82) is 0 Å². The third kappa shape index (κ3) is 3.09. The number of fused-ring (bicyclic) bond motifs is 1. The van der Waals surface area contributed by atoms with Crippen LogP contribution in [-0.4, -0.2) is 20.4 Å². The van der Waals surface area contributed by atoms with Gasteiger partial charge in [-0.3, -0.25) is 4.79 Å². The van der Waals surface area contributed by atoms with Crippen LogP contribution in [0.1, 0.15) is 18.9 Å². The SMILES string of the molecule is C=C(C)CCc1c(O)cc2oc(-c3ccc(O)cc3O)cc(=O)c2c1O. The zero-order valence-corrected chi connectivity index (χ0v) is 14.1. The molecule has 0 unspecified atom stereocenters. The monoisotopic (exact) mass is 354 g/mol. The van der Waals surface area contributed by atoms with Gasteiger partial charge in [0.1, 0.15) is 39.7 Å². The first-order chi connectivity index (χ1) is 12.3. The number of hydrogen-bond acceptors (Lipinski definition) is 6. The summed E-state index contributed by atoms with van der Waals surface area (Å²) in [6, 6.07) is 6.28. The molecule has 0 saturated carbocycles. The second kappa shape index (κ2) is 6.48. The Bertz CT molecular complexity index is 1080. The van der Waals surface area contributed by atoms with Gasteiger partial charge in [0.2, 0.25) is 0 Å². The van der Waals surface area contributed by atoms with Gasteiger partial charge in [-0.05, 0) is 31.9 Å². The molecule has 134 valence electrons. The summed E-state index contributed by atoms with van der Waals surface area (Å²) in [4.78, 5) is 12.5. The van der Waals surface area contributed by atoms with E-state index in [1.54, 1.807) is 0 Å². The van der Waals surface area contributed by atoms with E-state index < -0.39 is 5.43 Å². The Morgan fingerprint density at radius 3 is 2.46 bits per heavy atom. The molecule has 2 aromatic carbocycles. The summed E-state index contributed by atoms with van der Waals surface area (Å²) in [6.45, 7) is 5.62. The molecule has 1 aromatic heterocycles. The molecule has 26 heavy (non-hydrogen) atoms. The van der Waals surface area contributed by atoms with Crippen molar-refractivity contribution in [1.82, 2.24) is 0 Å². The molecule has 0 spiro atoms. The average Bonchev–Trinajstić information content (AvgIpc) is 2.53. The molecule has 6 nitrogen and oxygen atoms in total. The van der Waals surface area contributed by atoms with Gasteiger partial charge < -0.3 is 24.8 Å². The van der Waals surface area contributed by atoms with Crippen molar-refractivity contribution < 1.29 is 24.8 Å². The third-order valence-corrected chi connectivity index (χ3v) is 4.12. The highest BCUT2D eigenvalue weighted by molar-refractivity contribution is 5.88. The number of hydrogen-bond donors (Lipinski definition) is 4. The summed E-state index contributed by atoms with van der Waals surface area (Å²) < 4.78 is 5.61. The smallest absolute Gasteiger partial charge is 0.197 e. The largest absolute Gasteiger partial charge is 0.508 e. The number of aromatic hydroxyl groups is 4. The molecule has 0 radical (unpaired) electrons. The van der Waals surface area contributed by atoms with Gasteiger partial charge in [-0.1, -0.05) is 5.57 Å². The van der Waals surface area contributed by atoms with Crippen molar-refractivity contribution in [3.63, 3.8) is 0 Å². The van der Waals surface area contributed by atoms with Crippen LogP contribution < -0.4 is 5.43 Å². The van der Waals surface area contributed by atoms with Gasteiger partial charge in [0.05, 0.1) is 5.56 Å². The fourth-order valence-electron chi connectivity index (χ4n) is 2.78. The Kier molecular flexibility index (Phi) is 4.34. The summed E-state index contributed by atoms with van der Waals surface area (Å²) >= 11 is 0. The van der Waals surface area contributed by atoms with E-state index in [9.17, 15) is 25.2 Å². The first-order valence-electron chi connectivity index (χ1n) is 7.96. The van der Waals surface area contributed by atoms with Crippen LogP contribution in [0.2, 0.25) is 0 Å². The van der Waals surface area contributed by atoms with Gasteiger partial charge in [0.25, 0.3) is 0 Å². The fourth-order valence-corrected chi connectivity index (χ4v) is 2.78. The molecule has 0 fully saturated rings. The maximum absolute atomic E-state index is 12.5. The molecule has 0 bridgehead atoms. The lowest BCUT2D eigenvalue weighted by molar-refractivity contribution is 0.440. The molecule has 0 atom stereocenters. The lowest BCUT2D eigenvalue weighted by Gasteiger charge is -2.11. The highest BCUT2D eigenvalue weighted by Gasteiger charge is 2.18. The van der Waals surface area contributed by atoms with Crippen LogP contribution >= 0.6 is 0 Å². The molecule has 3 aromatic rings. The van der Waals surface area contributed by atoms with Crippen LogP contribution in [-0.2, 0) is 6.42 Å². The molecule has 1 heterocycles. The van der Waals surface area contributed by atoms with Crippen LogP contribution in [0.5, 0.6) is 23.0 Å². The molecule has 0 aliphatic rings. The molecular weight excluding hydrogens is 336 g/mol. The minimum Gasteiger partial charge on any atom is -0.508 e. The van der Waals surface area contributed by atoms with Gasteiger partial charge in [0, 0.05) is 23.8 Å². The maximum Gasteiger partial charge on any atom is 0.197 e. The Morgan fingerprint density at radius 1 is 1.08 bits per heavy atom. The van der Waals surface area contributed by atoms with Gasteiger partial charge in [-0.2, -0.15) is 0 Å². The topological polar surface area (TPSA) is 111 Å². The van der Waals surface area contributed by atoms with Crippen molar-refractivity contribution in [2.24, 2.45) is 0 Å². The van der Waals surface area contributed by atoms with E-state index in [-0.39, 0.29) is 50.9 Å². The number of rotatable bonds is 4. The van der Waals surface area contributed by atoms with Gasteiger partial charge in [0.15, 0.2) is 5.43 Å². The van der Waals surface area contributed by atoms with E-state index in [1.165, 1.54) is 18.2 Å². The normalized spacial score (nSPS) is 11.0. The van der Waals surface area contributed by atoms with Crippen molar-refractivity contribution in [3.8, 4) is 34.3 Å². The lowest BCUT2D eigenvalue weighted by atomic mass is 10.0. The van der Waals surface area contributed by atoms with Crippen molar-refractivity contribution in [2.45, 2.75) is 19.8 Å². The van der Waals surface area contributed by atoms with Crippen molar-refractivity contribution >= 4 is 11.0 Å². The summed E-state index contributed by atoms with van der Waals surface area (Å²) in [6.07, 6.45) is 0.889. The van der Waals surface area contributed by atoms with Gasteiger partial charge in [-0.25, -0.2) is 0 Å². The summed E-state index contributed by atoms with van der Waals surface area (Å²) in [5, 5.41) is 39.9. The van der Waals surface area contributed by atoms with Crippen LogP contribution in [0, 0.1) is 0 Å². The second-order valence-corrected chi connectivity index (χ2v) is 6.23. The number of benzene rings is 2. The second-order valence-electron chi connectivity index (χ2n) is 6.23. The van der Waals surface area contributed by atoms with Crippen molar-refractivity contribution in [2.75, 3.05) is 0 Å². The molecule has 6 heteroatoms. The molecular formula is C20H18O6. The average molecular weight is 354 g/mol. The molecule has 3 rings (SSSR count). The standard InChI is InChI=1S/C20H18O6/c1-10(2)3-5-13-15(23)8-18-19(20(13)25)16(24)9-17(26-18)12-6-4-11(21)7-14(12)22/h4,6-9,21-23,25H,1,3,5H2,2H3. The minimum atomic E-state index is -0.511. The van der Waals surface area contributed by atoms with E-state index in [0.717, 1.165) is 17.7 Å². The van der Waals surface area contributed by atoms with E-state index in [1.807, 2.05) is 6.92 Å². The predicted molar refractivity (Wildman–Crippen MR) is 97.7 cm³/mol. The van der Waals surface area contributed by atoms with E-state index in [0.29, 0.717) is 12.8 Å². The summed E-state index contributed by atoms with van der Waals surface area (Å²) in [5.41, 5.74) is 0.825. The lowest BCUT2D eigenvalue weighted by Crippen LogP contribution is -2.03. The Morgan fingerprint density at radius 2 is 1.81 bits per heavy atom. The molecule has 0 saturated heterocycles. The van der Waals surface area contributed by atoms with E-state index >= 15 is 0 Å². The van der Waals surface area contributed by atoms with Crippen LogP contribution in [0.4, 0.5) is 0 Å². The summed E-state index contributed by atoms with van der Waals surface area (Å²) in [7, 11) is 0. The first-order valence-corrected chi connectivity index (χ1v) is 7.96. The third-order valence-electron chi connectivity index (χ3n) is 4.12. The zero-order valence-electron chi connectivity index (χ0n) is 14.1. The number of phenols is 4. The first kappa shape index (κ1) is 17.4. The van der Waals surface area contributed by atoms with Crippen LogP contribution in [0.15, 0.2) is 51.7 Å². The van der Waals surface area contributed by atoms with Gasteiger partial charge in [-0.15, -0.1) is 6.58 Å². The molecule has 0 aliphatic heterocycles. The predicted octanol–water partition coefficient (Wildman–Crippen LogP) is 3.79. The number of phenolic OH excluding ortho intramolecular Hbond substituents is 4. The Balaban J connectivity index is 2.20. The molecule has 0 aliphatic carbocycles. The maximum atomic E-state index is 12.5. The molecule has 0 amide bonds. The quantitative estimate of drug-likeness (QED) is 0.531. The summed E-state index contributed by atoms with van der Waals surface area (Å²) in [5.74, 6) is -0.859. The highest BCUT2D eigenvalue weighted by Crippen LogP contribution is 2.38. The van der Waals surface area contributed by atoms with E-state index in [4.69, 9.17) is 4.42 Å². The zero-order chi connectivity index (χ0) is 19.0. The Hall–Kier alpha value is -3.41. The highest BCUT2D eigenvalue weighted by atomic mass is 16.3. The van der Waals surface area contributed by atoms with E-state index in [2.05, 4.69) is 6.58 Å². The minimum absolute atomic E-state index is 0.00551. The van der Waals surface area contributed by atoms with Crippen LogP contribution in [0.3, 0.4) is 0 Å². The Labute approximate surface area is 148 Å². The number of allylic oxidation sites excluding steroid dienone is 1. The molecule has 4 N–H and O–H groups in total. The van der Waals surface area contributed by atoms with Crippen LogP contribution in [0.25, 0.3) is 22.3 Å². The van der Waals surface area contributed by atoms with Crippen molar-refractivity contribution in [3.05, 3.63) is 58.3 Å².